The van der Waals surface area contributed by atoms with Crippen molar-refractivity contribution in [1.82, 2.24) is 4.98 Å². The van der Waals surface area contributed by atoms with E-state index in [1.165, 1.54) is 6.07 Å². The van der Waals surface area contributed by atoms with Crippen molar-refractivity contribution in [2.45, 2.75) is 0 Å². The first-order valence-electron chi connectivity index (χ1n) is 7.96. The van der Waals surface area contributed by atoms with Crippen LogP contribution in [0.15, 0.2) is 60.7 Å². The van der Waals surface area contributed by atoms with Crippen LogP contribution in [0.2, 0.25) is 0 Å². The molecule has 0 radical (unpaired) electrons. The second-order valence-electron chi connectivity index (χ2n) is 5.88. The van der Waals surface area contributed by atoms with Gasteiger partial charge in [-0.25, -0.2) is 26.9 Å². The van der Waals surface area contributed by atoms with Crippen molar-refractivity contribution in [3.05, 3.63) is 89.7 Å². The van der Waals surface area contributed by atoms with Crippen molar-refractivity contribution in [1.29, 1.82) is 0 Å². The van der Waals surface area contributed by atoms with E-state index >= 15 is 0 Å². The van der Waals surface area contributed by atoms with Crippen LogP contribution in [0.25, 0.3) is 33.3 Å². The topological polar surface area (TPSA) is 12.9 Å². The largest absolute Gasteiger partial charge is 0.248 e. The third kappa shape index (κ3) is 2.73. The summed E-state index contributed by atoms with van der Waals surface area (Å²) in [7, 11) is 0. The minimum absolute atomic E-state index is 0.333. The molecule has 1 nitrogen and oxygen atoms in total. The average molecular weight is 371 g/mol. The number of rotatable bonds is 2. The van der Waals surface area contributed by atoms with E-state index in [0.29, 0.717) is 16.5 Å². The lowest BCUT2D eigenvalue weighted by atomic mass is 9.98. The summed E-state index contributed by atoms with van der Waals surface area (Å²) in [4.78, 5) is 4.13. The first-order valence-corrected chi connectivity index (χ1v) is 7.96. The van der Waals surface area contributed by atoms with E-state index in [1.54, 1.807) is 54.6 Å². The summed E-state index contributed by atoms with van der Waals surface area (Å²) in [5.74, 6) is -10.0. The first kappa shape index (κ1) is 17.1. The third-order valence-corrected chi connectivity index (χ3v) is 4.27. The Morgan fingerprint density at radius 2 is 1.15 bits per heavy atom. The van der Waals surface area contributed by atoms with Crippen molar-refractivity contribution in [2.75, 3.05) is 0 Å². The zero-order chi connectivity index (χ0) is 19.1. The van der Waals surface area contributed by atoms with Gasteiger partial charge < -0.3 is 0 Å². The van der Waals surface area contributed by atoms with E-state index in [1.807, 2.05) is 0 Å². The molecule has 0 unspecified atom stereocenters. The molecular weight excluding hydrogens is 361 g/mol. The molecule has 4 rings (SSSR count). The summed E-state index contributed by atoms with van der Waals surface area (Å²) in [6.45, 7) is 0. The molecule has 0 bridgehead atoms. The Hall–Kier alpha value is -3.28. The summed E-state index contributed by atoms with van der Waals surface area (Å²) in [6, 6.07) is 17.1. The van der Waals surface area contributed by atoms with Gasteiger partial charge in [-0.1, -0.05) is 48.5 Å². The molecule has 0 aliphatic carbocycles. The van der Waals surface area contributed by atoms with Gasteiger partial charge in [0.05, 0.1) is 16.8 Å². The van der Waals surface area contributed by atoms with E-state index in [9.17, 15) is 22.0 Å². The number of fused-ring (bicyclic) bond motifs is 1. The smallest absolute Gasteiger partial charge is 0.200 e. The number of nitrogens with zero attached hydrogens (tertiary/aromatic N) is 1. The maximum Gasteiger partial charge on any atom is 0.200 e. The van der Waals surface area contributed by atoms with Gasteiger partial charge in [-0.3, -0.25) is 0 Å². The molecule has 27 heavy (non-hydrogen) atoms. The number of halogens is 5. The molecule has 0 fully saturated rings. The minimum Gasteiger partial charge on any atom is -0.248 e. The predicted octanol–water partition coefficient (Wildman–Crippen LogP) is 6.26. The molecule has 1 heterocycles. The Balaban J connectivity index is 2.09. The van der Waals surface area contributed by atoms with Gasteiger partial charge in [-0.05, 0) is 23.3 Å². The second-order valence-corrected chi connectivity index (χ2v) is 5.88. The van der Waals surface area contributed by atoms with E-state index in [0.717, 1.165) is 5.56 Å². The van der Waals surface area contributed by atoms with Crippen molar-refractivity contribution in [3.63, 3.8) is 0 Å². The number of pyridine rings is 1. The highest BCUT2D eigenvalue weighted by molar-refractivity contribution is 5.96. The Morgan fingerprint density at radius 3 is 1.81 bits per heavy atom. The number of hydrogen-bond acceptors (Lipinski definition) is 1. The maximum atomic E-state index is 14.3. The van der Waals surface area contributed by atoms with Crippen molar-refractivity contribution < 1.29 is 22.0 Å². The monoisotopic (exact) mass is 371 g/mol. The predicted molar refractivity (Wildman–Crippen MR) is 92.4 cm³/mol. The average Bonchev–Trinajstić information content (AvgIpc) is 2.71. The van der Waals surface area contributed by atoms with Gasteiger partial charge in [0.1, 0.15) is 0 Å². The van der Waals surface area contributed by atoms with Gasteiger partial charge in [-0.15, -0.1) is 0 Å². The quantitative estimate of drug-likeness (QED) is 0.230. The van der Waals surface area contributed by atoms with Crippen LogP contribution in [-0.2, 0) is 0 Å². The normalized spacial score (nSPS) is 11.1. The van der Waals surface area contributed by atoms with E-state index in [2.05, 4.69) is 4.98 Å². The maximum absolute atomic E-state index is 14.3. The van der Waals surface area contributed by atoms with Crippen LogP contribution in [0.3, 0.4) is 0 Å². The number of hydrogen-bond donors (Lipinski definition) is 0. The van der Waals surface area contributed by atoms with Gasteiger partial charge >= 0.3 is 0 Å². The third-order valence-electron chi connectivity index (χ3n) is 4.27. The molecule has 0 saturated carbocycles. The van der Waals surface area contributed by atoms with Gasteiger partial charge in [0.15, 0.2) is 23.3 Å². The van der Waals surface area contributed by atoms with Crippen LogP contribution in [0, 0.1) is 29.1 Å². The second kappa shape index (κ2) is 6.46. The van der Waals surface area contributed by atoms with Crippen LogP contribution in [0.1, 0.15) is 0 Å². The first-order chi connectivity index (χ1) is 13.0. The Bertz CT molecular complexity index is 1140. The van der Waals surface area contributed by atoms with Crippen LogP contribution < -0.4 is 0 Å². The van der Waals surface area contributed by atoms with Crippen LogP contribution >= 0.6 is 0 Å². The molecule has 3 aromatic carbocycles. The van der Waals surface area contributed by atoms with Gasteiger partial charge in [0, 0.05) is 5.39 Å². The summed E-state index contributed by atoms with van der Waals surface area (Å²) >= 11 is 0. The molecule has 6 heteroatoms. The van der Waals surface area contributed by atoms with Crippen molar-refractivity contribution in [2.24, 2.45) is 0 Å². The lowest BCUT2D eigenvalue weighted by molar-refractivity contribution is 0.381. The fourth-order valence-electron chi connectivity index (χ4n) is 2.99. The molecule has 0 atom stereocenters. The van der Waals surface area contributed by atoms with Crippen LogP contribution in [0.5, 0.6) is 0 Å². The van der Waals surface area contributed by atoms with Crippen molar-refractivity contribution >= 4 is 10.9 Å². The molecule has 0 aliphatic rings. The van der Waals surface area contributed by atoms with E-state index in [-0.39, 0.29) is 5.69 Å². The van der Waals surface area contributed by atoms with Crippen LogP contribution in [-0.4, -0.2) is 4.98 Å². The molecule has 0 saturated heterocycles. The van der Waals surface area contributed by atoms with Crippen molar-refractivity contribution in [3.8, 4) is 22.4 Å². The fraction of sp³-hybridized carbons (Fsp3) is 0. The molecule has 134 valence electrons. The minimum atomic E-state index is -2.20. The van der Waals surface area contributed by atoms with E-state index in [4.69, 9.17) is 0 Å². The molecule has 0 aliphatic heterocycles. The van der Waals surface area contributed by atoms with Crippen LogP contribution in [0.4, 0.5) is 22.0 Å². The number of benzene rings is 3. The zero-order valence-electron chi connectivity index (χ0n) is 13.6. The highest BCUT2D eigenvalue weighted by atomic mass is 19.2. The summed E-state index contributed by atoms with van der Waals surface area (Å²) in [5, 5.41) is 0.691. The highest BCUT2D eigenvalue weighted by Gasteiger charge is 2.27. The molecule has 0 amide bonds. The molecule has 1 aromatic heterocycles. The molecule has 0 spiro atoms. The van der Waals surface area contributed by atoms with Gasteiger partial charge in [-0.2, -0.15) is 0 Å². The number of para-hydroxylation sites is 1. The standard InChI is InChI=1S/C21H10F5N/c22-17-16(18(23)20(25)21(26)19(17)24)15-10-13(11-6-2-1-3-7-11)12-8-4-5-9-14(12)27-15/h1-10H. The molecule has 0 N–H and O–H groups in total. The van der Waals surface area contributed by atoms with Gasteiger partial charge in [0.25, 0.3) is 0 Å². The zero-order valence-corrected chi connectivity index (χ0v) is 13.6. The highest BCUT2D eigenvalue weighted by Crippen LogP contribution is 2.35. The lowest BCUT2D eigenvalue weighted by Crippen LogP contribution is -2.05. The summed E-state index contributed by atoms with van der Waals surface area (Å²) in [6.07, 6.45) is 0. The Kier molecular flexibility index (Phi) is 4.11. The Labute approximate surface area is 150 Å². The molecule has 4 aromatic rings. The lowest BCUT2D eigenvalue weighted by Gasteiger charge is -2.12. The Morgan fingerprint density at radius 1 is 0.593 bits per heavy atom. The summed E-state index contributed by atoms with van der Waals surface area (Å²) in [5.41, 5.74) is 0.286. The fourth-order valence-corrected chi connectivity index (χ4v) is 2.99. The number of aromatic nitrogens is 1. The molecular formula is C21H10F5N. The summed E-state index contributed by atoms with van der Waals surface area (Å²) < 4.78 is 69.2. The van der Waals surface area contributed by atoms with E-state index < -0.39 is 34.6 Å². The van der Waals surface area contributed by atoms with Gasteiger partial charge in [0.2, 0.25) is 5.82 Å². The SMILES string of the molecule is Fc1c(F)c(F)c(-c2cc(-c3ccccc3)c3ccccc3n2)c(F)c1F.